The van der Waals surface area contributed by atoms with E-state index in [9.17, 15) is 13.2 Å². The van der Waals surface area contributed by atoms with Gasteiger partial charge in [0.25, 0.3) is 10.0 Å². The molecule has 2 aromatic carbocycles. The fourth-order valence-corrected chi connectivity index (χ4v) is 4.44. The van der Waals surface area contributed by atoms with Crippen molar-refractivity contribution in [1.82, 2.24) is 15.0 Å². The third-order valence-electron chi connectivity index (χ3n) is 4.76. The number of anilines is 2. The number of aromatic nitrogens is 3. The van der Waals surface area contributed by atoms with Crippen molar-refractivity contribution in [2.24, 2.45) is 0 Å². The third kappa shape index (κ3) is 3.01. The molecule has 1 aliphatic rings. The van der Waals surface area contributed by atoms with Gasteiger partial charge in [-0.3, -0.25) is 14.5 Å². The van der Waals surface area contributed by atoms with Crippen LogP contribution in [0, 0.1) is 0 Å². The summed E-state index contributed by atoms with van der Waals surface area (Å²) in [6.45, 7) is 0. The van der Waals surface area contributed by atoms with E-state index >= 15 is 0 Å². The number of rotatable bonds is 4. The van der Waals surface area contributed by atoms with E-state index in [1.807, 2.05) is 24.3 Å². The van der Waals surface area contributed by atoms with Gasteiger partial charge >= 0.3 is 0 Å². The molecule has 0 aliphatic carbocycles. The average molecular weight is 405 g/mol. The van der Waals surface area contributed by atoms with E-state index in [2.05, 4.69) is 25.0 Å². The van der Waals surface area contributed by atoms with Crippen LogP contribution in [0.15, 0.2) is 71.9 Å². The molecule has 0 spiro atoms. The predicted octanol–water partition coefficient (Wildman–Crippen LogP) is 2.84. The first-order valence-corrected chi connectivity index (χ1v) is 10.3. The van der Waals surface area contributed by atoms with Gasteiger partial charge in [0.2, 0.25) is 5.91 Å². The van der Waals surface area contributed by atoms with Crippen LogP contribution in [0.5, 0.6) is 0 Å². The Labute approximate surface area is 166 Å². The summed E-state index contributed by atoms with van der Waals surface area (Å²) in [5.74, 6) is -0.360. The molecule has 1 unspecified atom stereocenters. The standard InChI is InChI=1S/C20H15N5O3S/c26-20-18(19-22-16-5-1-2-6-17(16)23-19)14-10-12(7-8-15(14)24-20)25-29(27,28)13-4-3-9-21-11-13/h1-11,18,25H,(H,22,23)(H,24,26). The van der Waals surface area contributed by atoms with Crippen LogP contribution < -0.4 is 10.0 Å². The Morgan fingerprint density at radius 2 is 1.90 bits per heavy atom. The molecule has 0 radical (unpaired) electrons. The second kappa shape index (κ2) is 6.42. The van der Waals surface area contributed by atoms with Crippen LogP contribution in [0.1, 0.15) is 17.3 Å². The molecular weight excluding hydrogens is 390 g/mol. The van der Waals surface area contributed by atoms with Crippen molar-refractivity contribution in [2.45, 2.75) is 10.8 Å². The minimum Gasteiger partial charge on any atom is -0.341 e. The summed E-state index contributed by atoms with van der Waals surface area (Å²) in [4.78, 5) is 24.2. The maximum Gasteiger partial charge on any atom is 0.263 e. The zero-order chi connectivity index (χ0) is 20.0. The molecule has 3 heterocycles. The molecule has 1 aliphatic heterocycles. The summed E-state index contributed by atoms with van der Waals surface area (Å²) in [5, 5.41) is 2.83. The molecule has 5 rings (SSSR count). The fourth-order valence-electron chi connectivity index (χ4n) is 3.43. The first-order chi connectivity index (χ1) is 14.0. The molecule has 1 amide bonds. The Morgan fingerprint density at radius 3 is 2.69 bits per heavy atom. The van der Waals surface area contributed by atoms with Gasteiger partial charge < -0.3 is 10.3 Å². The third-order valence-corrected chi connectivity index (χ3v) is 6.13. The quantitative estimate of drug-likeness (QED) is 0.483. The maximum absolute atomic E-state index is 12.6. The highest BCUT2D eigenvalue weighted by Gasteiger charge is 2.34. The van der Waals surface area contributed by atoms with Gasteiger partial charge in [0.15, 0.2) is 0 Å². The number of carbonyl (C=O) groups is 1. The lowest BCUT2D eigenvalue weighted by Gasteiger charge is -2.10. The van der Waals surface area contributed by atoms with Crippen molar-refractivity contribution in [1.29, 1.82) is 0 Å². The summed E-state index contributed by atoms with van der Waals surface area (Å²) in [6.07, 6.45) is 2.78. The molecule has 0 saturated heterocycles. The summed E-state index contributed by atoms with van der Waals surface area (Å²) >= 11 is 0. The van der Waals surface area contributed by atoms with Crippen molar-refractivity contribution < 1.29 is 13.2 Å². The zero-order valence-corrected chi connectivity index (χ0v) is 15.8. The van der Waals surface area contributed by atoms with Crippen LogP contribution in [0.25, 0.3) is 11.0 Å². The highest BCUT2D eigenvalue weighted by molar-refractivity contribution is 7.92. The number of aromatic amines is 1. The van der Waals surface area contributed by atoms with Crippen LogP contribution >= 0.6 is 0 Å². The molecular formula is C20H15N5O3S. The normalized spacial score (nSPS) is 15.9. The Bertz CT molecular complexity index is 1320. The molecule has 8 nitrogen and oxygen atoms in total. The number of nitrogens with zero attached hydrogens (tertiary/aromatic N) is 2. The molecule has 1 atom stereocenters. The number of fused-ring (bicyclic) bond motifs is 2. The smallest absolute Gasteiger partial charge is 0.263 e. The highest BCUT2D eigenvalue weighted by atomic mass is 32.2. The SMILES string of the molecule is O=C1Nc2ccc(NS(=O)(=O)c3cccnc3)cc2C1c1nc2ccccc2[nH]1. The number of amides is 1. The maximum atomic E-state index is 12.6. The minimum atomic E-state index is -3.79. The molecule has 0 saturated carbocycles. The fraction of sp³-hybridized carbons (Fsp3) is 0.0500. The molecule has 29 heavy (non-hydrogen) atoms. The van der Waals surface area contributed by atoms with E-state index in [1.54, 1.807) is 24.3 Å². The Morgan fingerprint density at radius 1 is 1.03 bits per heavy atom. The van der Waals surface area contributed by atoms with Crippen LogP contribution in [-0.2, 0) is 14.8 Å². The van der Waals surface area contributed by atoms with Crippen molar-refractivity contribution >= 4 is 38.3 Å². The molecule has 144 valence electrons. The van der Waals surface area contributed by atoms with Crippen LogP contribution in [0.2, 0.25) is 0 Å². The van der Waals surface area contributed by atoms with Gasteiger partial charge in [0, 0.05) is 23.8 Å². The first-order valence-electron chi connectivity index (χ1n) is 8.83. The van der Waals surface area contributed by atoms with Crippen molar-refractivity contribution in [3.05, 3.63) is 78.4 Å². The van der Waals surface area contributed by atoms with Crippen molar-refractivity contribution in [3.8, 4) is 0 Å². The monoisotopic (exact) mass is 405 g/mol. The van der Waals surface area contributed by atoms with Gasteiger partial charge in [0.1, 0.15) is 16.6 Å². The van der Waals surface area contributed by atoms with Gasteiger partial charge in [0.05, 0.1) is 11.0 Å². The van der Waals surface area contributed by atoms with Gasteiger partial charge in [-0.05, 0) is 48.0 Å². The van der Waals surface area contributed by atoms with Gasteiger partial charge in [-0.25, -0.2) is 13.4 Å². The Balaban J connectivity index is 1.53. The molecule has 2 aromatic heterocycles. The van der Waals surface area contributed by atoms with E-state index in [0.29, 0.717) is 22.8 Å². The summed E-state index contributed by atoms with van der Waals surface area (Å²) in [6, 6.07) is 15.5. The molecule has 3 N–H and O–H groups in total. The minimum absolute atomic E-state index is 0.0588. The number of benzene rings is 2. The summed E-state index contributed by atoms with van der Waals surface area (Å²) < 4.78 is 27.7. The van der Waals surface area contributed by atoms with Crippen LogP contribution in [0.3, 0.4) is 0 Å². The van der Waals surface area contributed by atoms with Gasteiger partial charge in [-0.1, -0.05) is 12.1 Å². The average Bonchev–Trinajstić information content (AvgIpc) is 3.27. The number of nitrogens with one attached hydrogen (secondary N) is 3. The van der Waals surface area contributed by atoms with E-state index in [4.69, 9.17) is 0 Å². The molecule has 0 bridgehead atoms. The van der Waals surface area contributed by atoms with E-state index in [-0.39, 0.29) is 10.8 Å². The number of carbonyl (C=O) groups excluding carboxylic acids is 1. The van der Waals surface area contributed by atoms with Gasteiger partial charge in [-0.2, -0.15) is 0 Å². The molecule has 9 heteroatoms. The van der Waals surface area contributed by atoms with E-state index in [1.165, 1.54) is 18.5 Å². The summed E-state index contributed by atoms with van der Waals surface area (Å²) in [7, 11) is -3.79. The lowest BCUT2D eigenvalue weighted by atomic mass is 9.99. The number of H-pyrrole nitrogens is 1. The van der Waals surface area contributed by atoms with E-state index in [0.717, 1.165) is 11.0 Å². The molecule has 0 fully saturated rings. The summed E-state index contributed by atoms with van der Waals surface area (Å²) in [5.41, 5.74) is 3.23. The number of hydrogen-bond acceptors (Lipinski definition) is 5. The number of para-hydroxylation sites is 2. The Kier molecular flexibility index (Phi) is 3.85. The topological polar surface area (TPSA) is 117 Å². The van der Waals surface area contributed by atoms with E-state index < -0.39 is 15.9 Å². The van der Waals surface area contributed by atoms with Crippen LogP contribution in [-0.4, -0.2) is 29.3 Å². The number of sulfonamides is 1. The second-order valence-corrected chi connectivity index (χ2v) is 8.34. The largest absolute Gasteiger partial charge is 0.341 e. The van der Waals surface area contributed by atoms with Crippen LogP contribution in [0.4, 0.5) is 11.4 Å². The van der Waals surface area contributed by atoms with Gasteiger partial charge in [-0.15, -0.1) is 0 Å². The Hall–Kier alpha value is -3.72. The lowest BCUT2D eigenvalue weighted by Crippen LogP contribution is -2.15. The van der Waals surface area contributed by atoms with Crippen molar-refractivity contribution in [2.75, 3.05) is 10.0 Å². The molecule has 4 aromatic rings. The number of hydrogen-bond donors (Lipinski definition) is 3. The highest BCUT2D eigenvalue weighted by Crippen LogP contribution is 2.38. The number of imidazole rings is 1. The van der Waals surface area contributed by atoms with Crippen molar-refractivity contribution in [3.63, 3.8) is 0 Å². The lowest BCUT2D eigenvalue weighted by molar-refractivity contribution is -0.116. The predicted molar refractivity (Wildman–Crippen MR) is 108 cm³/mol. The first kappa shape index (κ1) is 17.4. The zero-order valence-electron chi connectivity index (χ0n) is 15.0. The number of pyridine rings is 1. The second-order valence-electron chi connectivity index (χ2n) is 6.66.